The monoisotopic (exact) mass is 551 g/mol. The summed E-state index contributed by atoms with van der Waals surface area (Å²) in [6.45, 7) is 3.99. The van der Waals surface area contributed by atoms with Crippen LogP contribution in [0.5, 0.6) is 11.5 Å². The van der Waals surface area contributed by atoms with Gasteiger partial charge in [0.2, 0.25) is 0 Å². The maximum absolute atomic E-state index is 11.5. The Hall–Kier alpha value is -3.08. The molecule has 0 atom stereocenters. The van der Waals surface area contributed by atoms with Crippen molar-refractivity contribution in [2.75, 3.05) is 0 Å². The van der Waals surface area contributed by atoms with Gasteiger partial charge in [-0.15, -0.1) is 0 Å². The van der Waals surface area contributed by atoms with Crippen LogP contribution >= 0.6 is 23.2 Å². The van der Waals surface area contributed by atoms with E-state index in [0.29, 0.717) is 21.2 Å². The number of halogens is 2. The molecule has 35 heavy (non-hydrogen) atoms. The molecule has 0 fully saturated rings. The molecule has 181 valence electrons. The fourth-order valence-electron chi connectivity index (χ4n) is 2.95. The van der Waals surface area contributed by atoms with Crippen molar-refractivity contribution in [2.24, 2.45) is 9.98 Å². The molecule has 0 aliphatic carbocycles. The van der Waals surface area contributed by atoms with Crippen molar-refractivity contribution in [1.29, 1.82) is 0 Å². The summed E-state index contributed by atoms with van der Waals surface area (Å²) in [5.74, 6) is -0.156. The Morgan fingerprint density at radius 2 is 1.00 bits per heavy atom. The van der Waals surface area contributed by atoms with E-state index in [4.69, 9.17) is 23.2 Å². The van der Waals surface area contributed by atoms with Crippen LogP contribution in [0.4, 0.5) is 11.4 Å². The van der Waals surface area contributed by atoms with Crippen molar-refractivity contribution in [1.82, 2.24) is 0 Å². The third kappa shape index (κ3) is 9.23. The van der Waals surface area contributed by atoms with E-state index in [1.807, 2.05) is 62.4 Å². The molecular formula is C28H22Cl2CuN2O2. The molecule has 0 aliphatic heterocycles. The van der Waals surface area contributed by atoms with E-state index in [9.17, 15) is 10.2 Å². The Morgan fingerprint density at radius 3 is 1.37 bits per heavy atom. The van der Waals surface area contributed by atoms with Crippen molar-refractivity contribution < 1.29 is 27.3 Å². The molecule has 0 heterocycles. The first-order valence-electron chi connectivity index (χ1n) is 10.4. The zero-order chi connectivity index (χ0) is 24.5. The number of aryl methyl sites for hydroxylation is 2. The standard InChI is InChI=1S/2C14H12ClNO.Cu/c2*1-10-3-2-4-13(7-10)16-9-11-8-12(15)5-6-14(11)17;/h2*2-9,17H,1H3;/q;;+2/p-2. The second kappa shape index (κ2) is 13.7. The van der Waals surface area contributed by atoms with Crippen LogP contribution in [0.2, 0.25) is 10.0 Å². The summed E-state index contributed by atoms with van der Waals surface area (Å²) in [6, 6.07) is 24.8. The minimum Gasteiger partial charge on any atom is -0.872 e. The average molecular weight is 553 g/mol. The Morgan fingerprint density at radius 1 is 0.600 bits per heavy atom. The van der Waals surface area contributed by atoms with Crippen LogP contribution in [-0.2, 0) is 17.1 Å². The zero-order valence-corrected chi connectivity index (χ0v) is 21.5. The van der Waals surface area contributed by atoms with Gasteiger partial charge in [0.15, 0.2) is 0 Å². The maximum Gasteiger partial charge on any atom is 2.00 e. The van der Waals surface area contributed by atoms with Crippen LogP contribution in [0.3, 0.4) is 0 Å². The van der Waals surface area contributed by atoms with Gasteiger partial charge in [0.1, 0.15) is 0 Å². The summed E-state index contributed by atoms with van der Waals surface area (Å²) in [5.41, 5.74) is 4.91. The van der Waals surface area contributed by atoms with E-state index in [-0.39, 0.29) is 28.6 Å². The topological polar surface area (TPSA) is 70.8 Å². The number of rotatable bonds is 4. The van der Waals surface area contributed by atoms with E-state index in [1.165, 1.54) is 12.1 Å². The van der Waals surface area contributed by atoms with Crippen LogP contribution < -0.4 is 10.2 Å². The molecule has 0 unspecified atom stereocenters. The average Bonchev–Trinajstić information content (AvgIpc) is 2.81. The van der Waals surface area contributed by atoms with Gasteiger partial charge >= 0.3 is 17.1 Å². The van der Waals surface area contributed by atoms with Crippen LogP contribution in [-0.4, -0.2) is 12.4 Å². The summed E-state index contributed by atoms with van der Waals surface area (Å²) < 4.78 is 0. The fourth-order valence-corrected chi connectivity index (χ4v) is 3.31. The predicted octanol–water partition coefficient (Wildman–Crippen LogP) is 6.94. The summed E-state index contributed by atoms with van der Waals surface area (Å²) in [7, 11) is 0. The molecular weight excluding hydrogens is 531 g/mol. The Kier molecular flexibility index (Phi) is 11.0. The summed E-state index contributed by atoms with van der Waals surface area (Å²) >= 11 is 11.6. The largest absolute Gasteiger partial charge is 2.00 e. The van der Waals surface area contributed by atoms with Gasteiger partial charge in [0, 0.05) is 22.5 Å². The van der Waals surface area contributed by atoms with Gasteiger partial charge < -0.3 is 10.2 Å². The molecule has 0 aromatic heterocycles. The first-order valence-corrected chi connectivity index (χ1v) is 11.2. The van der Waals surface area contributed by atoms with Crippen LogP contribution in [0.15, 0.2) is 94.9 Å². The van der Waals surface area contributed by atoms with Crippen molar-refractivity contribution in [3.05, 3.63) is 117 Å². The summed E-state index contributed by atoms with van der Waals surface area (Å²) in [6.07, 6.45) is 3.09. The molecule has 4 aromatic rings. The number of hydrogen-bond acceptors (Lipinski definition) is 4. The predicted molar refractivity (Wildman–Crippen MR) is 139 cm³/mol. The smallest absolute Gasteiger partial charge is 0.872 e. The summed E-state index contributed by atoms with van der Waals surface area (Å²) in [5, 5.41) is 24.1. The molecule has 4 rings (SSSR count). The molecule has 0 aliphatic rings. The fraction of sp³-hybridized carbons (Fsp3) is 0.0714. The second-order valence-electron chi connectivity index (χ2n) is 7.56. The van der Waals surface area contributed by atoms with Gasteiger partial charge in [-0.1, -0.05) is 71.1 Å². The minimum absolute atomic E-state index is 0. The van der Waals surface area contributed by atoms with Crippen LogP contribution in [0, 0.1) is 13.8 Å². The van der Waals surface area contributed by atoms with Gasteiger partial charge in [-0.25, -0.2) is 0 Å². The Labute approximate surface area is 226 Å². The Bertz CT molecular complexity index is 1240. The van der Waals surface area contributed by atoms with Crippen molar-refractivity contribution >= 4 is 47.0 Å². The normalized spacial score (nSPS) is 10.6. The quantitative estimate of drug-likeness (QED) is 0.203. The molecule has 0 spiro atoms. The van der Waals surface area contributed by atoms with E-state index < -0.39 is 0 Å². The molecule has 0 saturated carbocycles. The van der Waals surface area contributed by atoms with Gasteiger partial charge in [0.05, 0.1) is 11.4 Å². The maximum atomic E-state index is 11.5. The second-order valence-corrected chi connectivity index (χ2v) is 8.43. The molecule has 0 N–H and O–H groups in total. The molecule has 7 heteroatoms. The van der Waals surface area contributed by atoms with Crippen LogP contribution in [0.1, 0.15) is 22.3 Å². The molecule has 1 radical (unpaired) electrons. The number of benzene rings is 4. The molecule has 4 nitrogen and oxygen atoms in total. The first-order chi connectivity index (χ1) is 16.3. The number of hydrogen-bond donors (Lipinski definition) is 0. The minimum atomic E-state index is -0.0780. The van der Waals surface area contributed by atoms with Gasteiger partial charge in [-0.3, -0.25) is 9.98 Å². The van der Waals surface area contributed by atoms with Crippen molar-refractivity contribution in [3.63, 3.8) is 0 Å². The van der Waals surface area contributed by atoms with Crippen molar-refractivity contribution in [2.45, 2.75) is 13.8 Å². The van der Waals surface area contributed by atoms with E-state index >= 15 is 0 Å². The first kappa shape index (κ1) is 28.2. The van der Waals surface area contributed by atoms with Crippen molar-refractivity contribution in [3.8, 4) is 11.5 Å². The molecule has 0 bridgehead atoms. The van der Waals surface area contributed by atoms with E-state index in [0.717, 1.165) is 22.5 Å². The third-order valence-electron chi connectivity index (χ3n) is 4.65. The van der Waals surface area contributed by atoms with Gasteiger partial charge in [-0.2, -0.15) is 0 Å². The van der Waals surface area contributed by atoms with E-state index in [2.05, 4.69) is 9.98 Å². The number of aliphatic imine (C=N–C) groups is 2. The van der Waals surface area contributed by atoms with Gasteiger partial charge in [0.25, 0.3) is 0 Å². The Balaban J connectivity index is 0.000000240. The zero-order valence-electron chi connectivity index (χ0n) is 19.0. The molecule has 0 amide bonds. The van der Waals surface area contributed by atoms with E-state index in [1.54, 1.807) is 36.7 Å². The number of nitrogens with zero attached hydrogens (tertiary/aromatic N) is 2. The molecule has 0 saturated heterocycles. The SMILES string of the molecule is Cc1cccc(N=Cc2cc(Cl)ccc2[O-])c1.Cc1cccc(N=Cc2cc(Cl)ccc2[O-])c1.[Cu+2]. The molecule has 4 aromatic carbocycles. The third-order valence-corrected chi connectivity index (χ3v) is 5.12. The van der Waals surface area contributed by atoms with Crippen LogP contribution in [0.25, 0.3) is 0 Å². The summed E-state index contributed by atoms with van der Waals surface area (Å²) in [4.78, 5) is 8.51. The van der Waals surface area contributed by atoms with Gasteiger partial charge in [-0.05, 0) is 84.6 Å².